The number of nitrogens with zero attached hydrogens (tertiary/aromatic N) is 1. The third-order valence-corrected chi connectivity index (χ3v) is 3.56. The maximum Gasteiger partial charge on any atom is 0.0952 e. The van der Waals surface area contributed by atoms with Crippen molar-refractivity contribution >= 4 is 17.7 Å². The molecule has 1 heterocycles. The molecule has 3 heteroatoms. The standard InChI is InChI=1S/C12H12N2S/c1-2-6-9(5-1)12-10-7-3-4-8-11(10)15-14-13-12/h3-5,7-8,14H,1-2,6H2. The predicted octanol–water partition coefficient (Wildman–Crippen LogP) is 3.11. The Morgan fingerprint density at radius 3 is 3.07 bits per heavy atom. The summed E-state index contributed by atoms with van der Waals surface area (Å²) in [6.45, 7) is 0. The van der Waals surface area contributed by atoms with Gasteiger partial charge in [0.25, 0.3) is 0 Å². The number of hydrogen-bond acceptors (Lipinski definition) is 3. The van der Waals surface area contributed by atoms with Crippen LogP contribution in [0.2, 0.25) is 0 Å². The molecule has 0 bridgehead atoms. The van der Waals surface area contributed by atoms with Gasteiger partial charge in [-0.3, -0.25) is 0 Å². The van der Waals surface area contributed by atoms with Crippen molar-refractivity contribution in [3.63, 3.8) is 0 Å². The minimum atomic E-state index is 1.14. The SMILES string of the molecule is C1=C(C2=NNSc3ccccc32)CCC1. The minimum absolute atomic E-state index is 1.14. The Hall–Kier alpha value is -1.22. The fraction of sp³-hybridized carbons (Fsp3) is 0.250. The molecule has 15 heavy (non-hydrogen) atoms. The van der Waals surface area contributed by atoms with E-state index in [9.17, 15) is 0 Å². The molecule has 0 atom stereocenters. The molecule has 1 aromatic carbocycles. The highest BCUT2D eigenvalue weighted by molar-refractivity contribution is 7.97. The summed E-state index contributed by atoms with van der Waals surface area (Å²) in [6, 6.07) is 8.44. The molecule has 0 fully saturated rings. The molecule has 0 saturated carbocycles. The zero-order chi connectivity index (χ0) is 10.1. The number of allylic oxidation sites excluding steroid dienone is 2. The molecule has 76 valence electrons. The highest BCUT2D eigenvalue weighted by Crippen LogP contribution is 2.30. The molecule has 0 radical (unpaired) electrons. The van der Waals surface area contributed by atoms with Crippen LogP contribution in [0.1, 0.15) is 24.8 Å². The van der Waals surface area contributed by atoms with Crippen molar-refractivity contribution in [3.8, 4) is 0 Å². The quantitative estimate of drug-likeness (QED) is 0.729. The molecular formula is C12H12N2S. The number of nitrogens with one attached hydrogen (secondary N) is 1. The predicted molar refractivity (Wildman–Crippen MR) is 63.9 cm³/mol. The monoisotopic (exact) mass is 216 g/mol. The Kier molecular flexibility index (Phi) is 2.25. The van der Waals surface area contributed by atoms with Gasteiger partial charge in [0.1, 0.15) is 0 Å². The van der Waals surface area contributed by atoms with Crippen LogP contribution in [0, 0.1) is 0 Å². The summed E-state index contributed by atoms with van der Waals surface area (Å²) in [4.78, 5) is 4.31. The normalized spacial score (nSPS) is 18.9. The third-order valence-electron chi connectivity index (χ3n) is 2.80. The second-order valence-electron chi connectivity index (χ2n) is 3.77. The molecule has 1 aliphatic heterocycles. The van der Waals surface area contributed by atoms with Crippen molar-refractivity contribution in [3.05, 3.63) is 41.5 Å². The van der Waals surface area contributed by atoms with Crippen LogP contribution in [0.5, 0.6) is 0 Å². The summed E-state index contributed by atoms with van der Waals surface area (Å²) in [7, 11) is 0. The van der Waals surface area contributed by atoms with E-state index in [1.807, 2.05) is 0 Å². The summed E-state index contributed by atoms with van der Waals surface area (Å²) in [6.07, 6.45) is 5.94. The first kappa shape index (κ1) is 9.04. The topological polar surface area (TPSA) is 24.4 Å². The Morgan fingerprint density at radius 1 is 1.27 bits per heavy atom. The van der Waals surface area contributed by atoms with E-state index in [1.54, 1.807) is 11.9 Å². The first-order valence-electron chi connectivity index (χ1n) is 5.23. The molecule has 1 aliphatic carbocycles. The van der Waals surface area contributed by atoms with Crippen molar-refractivity contribution in [1.82, 2.24) is 4.83 Å². The molecule has 0 saturated heterocycles. The molecule has 2 aliphatic rings. The summed E-state index contributed by atoms with van der Waals surface area (Å²) in [5, 5.41) is 4.41. The zero-order valence-corrected chi connectivity index (χ0v) is 9.18. The molecular weight excluding hydrogens is 204 g/mol. The molecule has 0 unspecified atom stereocenters. The van der Waals surface area contributed by atoms with Crippen LogP contribution in [-0.2, 0) is 0 Å². The van der Waals surface area contributed by atoms with Crippen LogP contribution in [0.3, 0.4) is 0 Å². The van der Waals surface area contributed by atoms with Gasteiger partial charge in [-0.2, -0.15) is 5.10 Å². The molecule has 1 N–H and O–H groups in total. The summed E-state index contributed by atoms with van der Waals surface area (Å²) >= 11 is 1.59. The molecule has 2 nitrogen and oxygen atoms in total. The maximum atomic E-state index is 4.41. The van der Waals surface area contributed by atoms with Crippen molar-refractivity contribution in [2.45, 2.75) is 24.2 Å². The van der Waals surface area contributed by atoms with Crippen LogP contribution in [0.15, 0.2) is 45.9 Å². The van der Waals surface area contributed by atoms with Gasteiger partial charge in [0.15, 0.2) is 0 Å². The summed E-state index contributed by atoms with van der Waals surface area (Å²) < 4.78 is 0. The van der Waals surface area contributed by atoms with Crippen molar-refractivity contribution in [2.24, 2.45) is 5.10 Å². The molecule has 0 spiro atoms. The number of hydrazone groups is 1. The highest BCUT2D eigenvalue weighted by atomic mass is 32.2. The lowest BCUT2D eigenvalue weighted by molar-refractivity contribution is 0.917. The van der Waals surface area contributed by atoms with Gasteiger partial charge in [0.2, 0.25) is 0 Å². The number of benzene rings is 1. The number of fused-ring (bicyclic) bond motifs is 1. The van der Waals surface area contributed by atoms with Crippen molar-refractivity contribution in [1.29, 1.82) is 0 Å². The lowest BCUT2D eigenvalue weighted by Gasteiger charge is -2.17. The van der Waals surface area contributed by atoms with Gasteiger partial charge in [0.05, 0.1) is 5.71 Å². The van der Waals surface area contributed by atoms with Crippen LogP contribution >= 0.6 is 11.9 Å². The van der Waals surface area contributed by atoms with Gasteiger partial charge < -0.3 is 0 Å². The summed E-state index contributed by atoms with van der Waals surface area (Å²) in [5.41, 5.74) is 3.81. The van der Waals surface area contributed by atoms with E-state index in [1.165, 1.54) is 35.3 Å². The molecule has 0 aromatic heterocycles. The van der Waals surface area contributed by atoms with E-state index in [0.717, 1.165) is 5.71 Å². The van der Waals surface area contributed by atoms with Gasteiger partial charge in [-0.05, 0) is 30.9 Å². The first-order valence-corrected chi connectivity index (χ1v) is 6.05. The fourth-order valence-electron chi connectivity index (χ4n) is 2.06. The van der Waals surface area contributed by atoms with Gasteiger partial charge in [-0.1, -0.05) is 24.3 Å². The van der Waals surface area contributed by atoms with Gasteiger partial charge >= 0.3 is 0 Å². The second kappa shape index (κ2) is 3.74. The molecule has 1 aromatic rings. The van der Waals surface area contributed by atoms with E-state index in [0.29, 0.717) is 0 Å². The van der Waals surface area contributed by atoms with Crippen LogP contribution in [-0.4, -0.2) is 5.71 Å². The average Bonchev–Trinajstić information content (AvgIpc) is 2.82. The second-order valence-corrected chi connectivity index (χ2v) is 4.60. The largest absolute Gasteiger partial charge is 0.246 e. The molecule has 3 rings (SSSR count). The third kappa shape index (κ3) is 1.57. The van der Waals surface area contributed by atoms with Gasteiger partial charge in [-0.15, -0.1) is 0 Å². The lowest BCUT2D eigenvalue weighted by Crippen LogP contribution is -2.14. The van der Waals surface area contributed by atoms with Crippen LogP contribution in [0.25, 0.3) is 0 Å². The fourth-order valence-corrected chi connectivity index (χ4v) is 2.72. The van der Waals surface area contributed by atoms with Crippen molar-refractivity contribution in [2.75, 3.05) is 0 Å². The Labute approximate surface area is 93.6 Å². The lowest BCUT2D eigenvalue weighted by atomic mass is 10.0. The van der Waals surface area contributed by atoms with E-state index >= 15 is 0 Å². The highest BCUT2D eigenvalue weighted by Gasteiger charge is 2.19. The average molecular weight is 216 g/mol. The Bertz CT molecular complexity index is 449. The Morgan fingerprint density at radius 2 is 2.20 bits per heavy atom. The first-order chi connectivity index (χ1) is 7.45. The van der Waals surface area contributed by atoms with Crippen LogP contribution in [0.4, 0.5) is 0 Å². The van der Waals surface area contributed by atoms with Crippen LogP contribution < -0.4 is 4.83 Å². The number of rotatable bonds is 1. The Balaban J connectivity index is 2.06. The van der Waals surface area contributed by atoms with Crippen molar-refractivity contribution < 1.29 is 0 Å². The maximum absolute atomic E-state index is 4.41. The minimum Gasteiger partial charge on any atom is -0.246 e. The van der Waals surface area contributed by atoms with Gasteiger partial charge in [0, 0.05) is 22.4 Å². The van der Waals surface area contributed by atoms with E-state index in [4.69, 9.17) is 0 Å². The summed E-state index contributed by atoms with van der Waals surface area (Å²) in [5.74, 6) is 0. The zero-order valence-electron chi connectivity index (χ0n) is 8.36. The van der Waals surface area contributed by atoms with E-state index in [-0.39, 0.29) is 0 Å². The number of hydrogen-bond donors (Lipinski definition) is 1. The van der Waals surface area contributed by atoms with E-state index in [2.05, 4.69) is 40.3 Å². The smallest absolute Gasteiger partial charge is 0.0952 e. The van der Waals surface area contributed by atoms with Gasteiger partial charge in [-0.25, -0.2) is 4.83 Å². The molecule has 0 amide bonds. The van der Waals surface area contributed by atoms with E-state index < -0.39 is 0 Å².